The van der Waals surface area contributed by atoms with Crippen molar-refractivity contribution in [1.29, 1.82) is 0 Å². The van der Waals surface area contributed by atoms with Gasteiger partial charge in [0.25, 0.3) is 0 Å². The van der Waals surface area contributed by atoms with E-state index in [1.807, 2.05) is 0 Å². The minimum absolute atomic E-state index is 0.120. The standard InChI is InChI=1S/C23H50N2/c1-5-7-8-9-10-11-12-13-14-15-16-17-18-19-20-21-22-23(3,24)25(4)6-2/h5-22,24H2,1-4H3. The maximum atomic E-state index is 6.36. The van der Waals surface area contributed by atoms with Crippen LogP contribution in [0.15, 0.2) is 0 Å². The summed E-state index contributed by atoms with van der Waals surface area (Å²) in [6, 6.07) is 0. The monoisotopic (exact) mass is 354 g/mol. The third-order valence-electron chi connectivity index (χ3n) is 5.88. The van der Waals surface area contributed by atoms with Crippen LogP contribution in [-0.2, 0) is 0 Å². The summed E-state index contributed by atoms with van der Waals surface area (Å²) >= 11 is 0. The Balaban J connectivity index is 3.19. The van der Waals surface area contributed by atoms with Crippen molar-refractivity contribution >= 4 is 0 Å². The summed E-state index contributed by atoms with van der Waals surface area (Å²) in [5, 5.41) is 0. The lowest BCUT2D eigenvalue weighted by atomic mass is 10.0. The van der Waals surface area contributed by atoms with Gasteiger partial charge < -0.3 is 5.73 Å². The maximum absolute atomic E-state index is 6.36. The average Bonchev–Trinajstić information content (AvgIpc) is 2.60. The third-order valence-corrected chi connectivity index (χ3v) is 5.88. The molecule has 0 amide bonds. The van der Waals surface area contributed by atoms with Crippen LogP contribution in [0.25, 0.3) is 0 Å². The van der Waals surface area contributed by atoms with E-state index in [1.165, 1.54) is 103 Å². The van der Waals surface area contributed by atoms with Gasteiger partial charge in [0.15, 0.2) is 0 Å². The van der Waals surface area contributed by atoms with Crippen molar-refractivity contribution in [2.75, 3.05) is 13.6 Å². The van der Waals surface area contributed by atoms with E-state index in [0.717, 1.165) is 13.0 Å². The van der Waals surface area contributed by atoms with E-state index < -0.39 is 0 Å². The first-order valence-electron chi connectivity index (χ1n) is 11.5. The Hall–Kier alpha value is -0.0800. The molecule has 0 aliphatic heterocycles. The van der Waals surface area contributed by atoms with Gasteiger partial charge in [0, 0.05) is 0 Å². The molecule has 1 unspecified atom stereocenters. The van der Waals surface area contributed by atoms with Crippen LogP contribution in [0.1, 0.15) is 130 Å². The largest absolute Gasteiger partial charge is 0.313 e. The molecular formula is C23H50N2. The zero-order valence-corrected chi connectivity index (χ0v) is 18.3. The first kappa shape index (κ1) is 24.9. The van der Waals surface area contributed by atoms with Crippen molar-refractivity contribution in [3.8, 4) is 0 Å². The highest BCUT2D eigenvalue weighted by Gasteiger charge is 2.21. The van der Waals surface area contributed by atoms with Crippen LogP contribution in [0, 0.1) is 0 Å². The molecule has 2 heteroatoms. The number of nitrogens with two attached hydrogens (primary N) is 1. The summed E-state index contributed by atoms with van der Waals surface area (Å²) in [6.07, 6.45) is 23.9. The molecule has 0 bridgehead atoms. The molecule has 0 aromatic carbocycles. The van der Waals surface area contributed by atoms with Crippen LogP contribution >= 0.6 is 0 Å². The predicted octanol–water partition coefficient (Wildman–Crippen LogP) is 7.26. The molecule has 0 aromatic heterocycles. The van der Waals surface area contributed by atoms with E-state index in [4.69, 9.17) is 5.73 Å². The van der Waals surface area contributed by atoms with Crippen molar-refractivity contribution in [2.45, 2.75) is 136 Å². The second kappa shape index (κ2) is 17.3. The Morgan fingerprint density at radius 2 is 0.920 bits per heavy atom. The van der Waals surface area contributed by atoms with Crippen molar-refractivity contribution in [2.24, 2.45) is 5.73 Å². The maximum Gasteiger partial charge on any atom is 0.0655 e. The first-order chi connectivity index (χ1) is 12.0. The molecule has 25 heavy (non-hydrogen) atoms. The molecular weight excluding hydrogens is 304 g/mol. The van der Waals surface area contributed by atoms with E-state index >= 15 is 0 Å². The molecule has 0 heterocycles. The summed E-state index contributed by atoms with van der Waals surface area (Å²) < 4.78 is 0. The Bertz CT molecular complexity index is 263. The lowest BCUT2D eigenvalue weighted by Crippen LogP contribution is -2.51. The SMILES string of the molecule is CCCCCCCCCCCCCCCCCCC(C)(N)N(C)CC. The van der Waals surface area contributed by atoms with Crippen LogP contribution in [-0.4, -0.2) is 24.2 Å². The normalized spacial score (nSPS) is 14.2. The van der Waals surface area contributed by atoms with Crippen molar-refractivity contribution < 1.29 is 0 Å². The summed E-state index contributed by atoms with van der Waals surface area (Å²) in [6.45, 7) is 7.67. The van der Waals surface area contributed by atoms with E-state index in [1.54, 1.807) is 0 Å². The van der Waals surface area contributed by atoms with Gasteiger partial charge in [-0.15, -0.1) is 0 Å². The number of unbranched alkanes of at least 4 members (excludes halogenated alkanes) is 15. The van der Waals surface area contributed by atoms with Gasteiger partial charge >= 0.3 is 0 Å². The van der Waals surface area contributed by atoms with Crippen molar-refractivity contribution in [3.63, 3.8) is 0 Å². The van der Waals surface area contributed by atoms with Gasteiger partial charge in [0.05, 0.1) is 5.66 Å². The van der Waals surface area contributed by atoms with Gasteiger partial charge in [0.2, 0.25) is 0 Å². The Morgan fingerprint density at radius 3 is 1.24 bits per heavy atom. The lowest BCUT2D eigenvalue weighted by molar-refractivity contribution is 0.136. The summed E-state index contributed by atoms with van der Waals surface area (Å²) in [5.74, 6) is 0. The van der Waals surface area contributed by atoms with Gasteiger partial charge in [-0.05, 0) is 26.9 Å². The highest BCUT2D eigenvalue weighted by atomic mass is 15.2. The number of hydrogen-bond acceptors (Lipinski definition) is 2. The van der Waals surface area contributed by atoms with E-state index in [-0.39, 0.29) is 5.66 Å². The Labute approximate surface area is 160 Å². The molecule has 2 nitrogen and oxygen atoms in total. The molecule has 0 saturated heterocycles. The average molecular weight is 355 g/mol. The van der Waals surface area contributed by atoms with E-state index in [9.17, 15) is 0 Å². The van der Waals surface area contributed by atoms with E-state index in [2.05, 4.69) is 32.7 Å². The van der Waals surface area contributed by atoms with Crippen LogP contribution in [0.5, 0.6) is 0 Å². The highest BCUT2D eigenvalue weighted by Crippen LogP contribution is 2.17. The second-order valence-electron chi connectivity index (χ2n) is 8.42. The van der Waals surface area contributed by atoms with Crippen LogP contribution in [0.4, 0.5) is 0 Å². The van der Waals surface area contributed by atoms with Crippen molar-refractivity contribution in [3.05, 3.63) is 0 Å². The fraction of sp³-hybridized carbons (Fsp3) is 1.00. The third kappa shape index (κ3) is 15.9. The quantitative estimate of drug-likeness (QED) is 0.195. The zero-order valence-electron chi connectivity index (χ0n) is 18.3. The molecule has 0 radical (unpaired) electrons. The molecule has 0 aromatic rings. The fourth-order valence-electron chi connectivity index (χ4n) is 3.58. The second-order valence-corrected chi connectivity index (χ2v) is 8.42. The molecule has 0 spiro atoms. The van der Waals surface area contributed by atoms with Crippen LogP contribution in [0.2, 0.25) is 0 Å². The lowest BCUT2D eigenvalue weighted by Gasteiger charge is -2.34. The minimum Gasteiger partial charge on any atom is -0.313 e. The molecule has 0 saturated carbocycles. The van der Waals surface area contributed by atoms with Crippen LogP contribution < -0.4 is 5.73 Å². The van der Waals surface area contributed by atoms with Gasteiger partial charge in [0.1, 0.15) is 0 Å². The summed E-state index contributed by atoms with van der Waals surface area (Å²) in [4.78, 5) is 2.26. The Morgan fingerprint density at radius 1 is 0.600 bits per heavy atom. The topological polar surface area (TPSA) is 29.3 Å². The molecule has 1 atom stereocenters. The van der Waals surface area contributed by atoms with Crippen LogP contribution in [0.3, 0.4) is 0 Å². The van der Waals surface area contributed by atoms with Gasteiger partial charge in [-0.2, -0.15) is 0 Å². The van der Waals surface area contributed by atoms with Gasteiger partial charge in [-0.3, -0.25) is 4.90 Å². The zero-order chi connectivity index (χ0) is 18.8. The van der Waals surface area contributed by atoms with E-state index in [0.29, 0.717) is 0 Å². The molecule has 0 aliphatic carbocycles. The molecule has 0 fully saturated rings. The molecule has 0 rings (SSSR count). The highest BCUT2D eigenvalue weighted by molar-refractivity contribution is 4.76. The summed E-state index contributed by atoms with van der Waals surface area (Å²) in [5.41, 5.74) is 6.24. The Kier molecular flexibility index (Phi) is 17.3. The minimum atomic E-state index is -0.120. The first-order valence-corrected chi connectivity index (χ1v) is 11.5. The fourth-order valence-corrected chi connectivity index (χ4v) is 3.58. The molecule has 2 N–H and O–H groups in total. The smallest absolute Gasteiger partial charge is 0.0655 e. The molecule has 152 valence electrons. The van der Waals surface area contributed by atoms with Crippen molar-refractivity contribution in [1.82, 2.24) is 4.90 Å². The van der Waals surface area contributed by atoms with Gasteiger partial charge in [-0.1, -0.05) is 117 Å². The predicted molar refractivity (Wildman–Crippen MR) is 115 cm³/mol. The van der Waals surface area contributed by atoms with Gasteiger partial charge in [-0.25, -0.2) is 0 Å². The number of hydrogen-bond donors (Lipinski definition) is 1. The molecule has 0 aliphatic rings. The number of rotatable bonds is 19. The summed E-state index contributed by atoms with van der Waals surface area (Å²) in [7, 11) is 2.13. The number of nitrogens with zero attached hydrogens (tertiary/aromatic N) is 1.